The SMILES string of the molecule is CC(C)C(NC(=O)C(CO)NC(=O)C(N)Cc1ccc(O)cc1)C(=O)NC(Cc1ccccc1)C(=O)O. The molecular formula is C26H34N4O7. The lowest BCUT2D eigenvalue weighted by Crippen LogP contribution is -2.59. The molecule has 0 fully saturated rings. The predicted octanol–water partition coefficient (Wildman–Crippen LogP) is -0.308. The number of carbonyl (C=O) groups excluding carboxylic acids is 3. The molecule has 2 aromatic carbocycles. The van der Waals surface area contributed by atoms with Crippen molar-refractivity contribution in [2.45, 2.75) is 50.9 Å². The normalized spacial score (nSPS) is 14.2. The smallest absolute Gasteiger partial charge is 0.326 e. The van der Waals surface area contributed by atoms with Crippen LogP contribution in [0.25, 0.3) is 0 Å². The van der Waals surface area contributed by atoms with E-state index in [9.17, 15) is 34.5 Å². The number of aliphatic carboxylic acids is 1. The first-order valence-electron chi connectivity index (χ1n) is 11.8. The molecular weight excluding hydrogens is 480 g/mol. The van der Waals surface area contributed by atoms with Gasteiger partial charge in [0.15, 0.2) is 0 Å². The number of carboxylic acid groups (broad SMARTS) is 1. The summed E-state index contributed by atoms with van der Waals surface area (Å²) >= 11 is 0. The van der Waals surface area contributed by atoms with Crippen LogP contribution >= 0.6 is 0 Å². The first kappa shape index (κ1) is 29.3. The summed E-state index contributed by atoms with van der Waals surface area (Å²) in [5.74, 6) is -3.81. The van der Waals surface area contributed by atoms with Gasteiger partial charge in [0.25, 0.3) is 0 Å². The van der Waals surface area contributed by atoms with E-state index in [1.165, 1.54) is 12.1 Å². The molecule has 0 aliphatic rings. The molecule has 0 bridgehead atoms. The molecule has 0 radical (unpaired) electrons. The van der Waals surface area contributed by atoms with Crippen LogP contribution < -0.4 is 21.7 Å². The minimum absolute atomic E-state index is 0.0505. The van der Waals surface area contributed by atoms with Gasteiger partial charge in [-0.15, -0.1) is 0 Å². The molecule has 8 N–H and O–H groups in total. The summed E-state index contributed by atoms with van der Waals surface area (Å²) in [6.07, 6.45) is 0.176. The number of benzene rings is 2. The van der Waals surface area contributed by atoms with Gasteiger partial charge in [-0.2, -0.15) is 0 Å². The van der Waals surface area contributed by atoms with Gasteiger partial charge in [0.05, 0.1) is 12.6 Å². The Morgan fingerprint density at radius 2 is 1.35 bits per heavy atom. The Hall–Kier alpha value is -3.96. The van der Waals surface area contributed by atoms with Crippen LogP contribution in [-0.2, 0) is 32.0 Å². The minimum Gasteiger partial charge on any atom is -0.508 e. The number of carboxylic acids is 1. The summed E-state index contributed by atoms with van der Waals surface area (Å²) in [5, 5.41) is 36.0. The van der Waals surface area contributed by atoms with Crippen LogP contribution in [0, 0.1) is 5.92 Å². The van der Waals surface area contributed by atoms with E-state index in [4.69, 9.17) is 5.73 Å². The lowest BCUT2D eigenvalue weighted by molar-refractivity contribution is -0.142. The van der Waals surface area contributed by atoms with E-state index in [0.29, 0.717) is 11.1 Å². The summed E-state index contributed by atoms with van der Waals surface area (Å²) < 4.78 is 0. The molecule has 4 unspecified atom stereocenters. The molecule has 0 saturated carbocycles. The number of aromatic hydroxyl groups is 1. The topological polar surface area (TPSA) is 191 Å². The number of rotatable bonds is 13. The third-order valence-corrected chi connectivity index (χ3v) is 5.69. The molecule has 0 spiro atoms. The van der Waals surface area contributed by atoms with Crippen molar-refractivity contribution in [2.24, 2.45) is 11.7 Å². The number of phenolic OH excluding ortho intramolecular Hbond substituents is 1. The van der Waals surface area contributed by atoms with Crippen molar-refractivity contribution in [1.29, 1.82) is 0 Å². The number of phenols is 1. The molecule has 37 heavy (non-hydrogen) atoms. The van der Waals surface area contributed by atoms with Crippen molar-refractivity contribution in [3.63, 3.8) is 0 Å². The first-order chi connectivity index (χ1) is 17.5. The van der Waals surface area contributed by atoms with Crippen LogP contribution in [0.3, 0.4) is 0 Å². The van der Waals surface area contributed by atoms with Crippen molar-refractivity contribution < 1.29 is 34.5 Å². The molecule has 200 valence electrons. The van der Waals surface area contributed by atoms with Crippen LogP contribution in [0.5, 0.6) is 5.75 Å². The van der Waals surface area contributed by atoms with E-state index in [1.54, 1.807) is 56.3 Å². The number of aliphatic hydroxyl groups excluding tert-OH is 1. The lowest BCUT2D eigenvalue weighted by atomic mass is 10.0. The van der Waals surface area contributed by atoms with Gasteiger partial charge in [0.1, 0.15) is 23.9 Å². The fourth-order valence-corrected chi connectivity index (χ4v) is 3.55. The summed E-state index contributed by atoms with van der Waals surface area (Å²) in [6.45, 7) is 2.58. The second-order valence-electron chi connectivity index (χ2n) is 9.04. The third kappa shape index (κ3) is 9.21. The quantitative estimate of drug-likeness (QED) is 0.189. The van der Waals surface area contributed by atoms with E-state index in [1.807, 2.05) is 0 Å². The summed E-state index contributed by atoms with van der Waals surface area (Å²) in [7, 11) is 0. The highest BCUT2D eigenvalue weighted by atomic mass is 16.4. The molecule has 11 nitrogen and oxygen atoms in total. The Labute approximate surface area is 215 Å². The number of hydrogen-bond donors (Lipinski definition) is 7. The molecule has 3 amide bonds. The van der Waals surface area contributed by atoms with Crippen molar-refractivity contribution in [3.05, 3.63) is 65.7 Å². The zero-order valence-corrected chi connectivity index (χ0v) is 20.8. The van der Waals surface area contributed by atoms with Crippen LogP contribution in [-0.4, -0.2) is 69.8 Å². The summed E-state index contributed by atoms with van der Waals surface area (Å²) in [5.41, 5.74) is 7.33. The number of hydrogen-bond acceptors (Lipinski definition) is 7. The fraction of sp³-hybridized carbons (Fsp3) is 0.385. The maximum atomic E-state index is 12.9. The van der Waals surface area contributed by atoms with Gasteiger partial charge in [0, 0.05) is 6.42 Å². The molecule has 2 aromatic rings. The van der Waals surface area contributed by atoms with Crippen LogP contribution in [0.4, 0.5) is 0 Å². The number of nitrogens with one attached hydrogen (secondary N) is 3. The first-order valence-corrected chi connectivity index (χ1v) is 11.8. The number of nitrogens with two attached hydrogens (primary N) is 1. The fourth-order valence-electron chi connectivity index (χ4n) is 3.55. The van der Waals surface area contributed by atoms with Gasteiger partial charge in [-0.05, 0) is 35.6 Å². The highest BCUT2D eigenvalue weighted by molar-refractivity contribution is 5.94. The highest BCUT2D eigenvalue weighted by Gasteiger charge is 2.31. The van der Waals surface area contributed by atoms with Gasteiger partial charge in [-0.3, -0.25) is 14.4 Å². The Morgan fingerprint density at radius 3 is 1.89 bits per heavy atom. The minimum atomic E-state index is -1.38. The summed E-state index contributed by atoms with van der Waals surface area (Å²) in [6, 6.07) is 10.1. The second kappa shape index (κ2) is 14.0. The standard InChI is InChI=1S/C26H34N4O7/c1-15(2)22(25(35)28-20(26(36)37)13-16-6-4-3-5-7-16)30-24(34)21(14-31)29-23(33)19(27)12-17-8-10-18(32)11-9-17/h3-11,15,19-22,31-32H,12-14,27H2,1-2H3,(H,28,35)(H,29,33)(H,30,34)(H,36,37). The molecule has 2 rings (SSSR count). The Kier molecular flexibility index (Phi) is 11.0. The van der Waals surface area contributed by atoms with Gasteiger partial charge >= 0.3 is 5.97 Å². The van der Waals surface area contributed by atoms with Gasteiger partial charge in [-0.25, -0.2) is 4.79 Å². The predicted molar refractivity (Wildman–Crippen MR) is 135 cm³/mol. The van der Waals surface area contributed by atoms with Gasteiger partial charge in [0.2, 0.25) is 17.7 Å². The zero-order valence-electron chi connectivity index (χ0n) is 20.8. The monoisotopic (exact) mass is 514 g/mol. The maximum absolute atomic E-state index is 12.9. The number of carbonyl (C=O) groups is 4. The molecule has 0 heterocycles. The van der Waals surface area contributed by atoms with Crippen LogP contribution in [0.15, 0.2) is 54.6 Å². The number of aliphatic hydroxyl groups is 1. The van der Waals surface area contributed by atoms with Gasteiger partial charge < -0.3 is 37.0 Å². The Bertz CT molecular complexity index is 1060. The Morgan fingerprint density at radius 1 is 0.784 bits per heavy atom. The van der Waals surface area contributed by atoms with Gasteiger partial charge in [-0.1, -0.05) is 56.3 Å². The average molecular weight is 515 g/mol. The van der Waals surface area contributed by atoms with Crippen molar-refractivity contribution in [3.8, 4) is 5.75 Å². The third-order valence-electron chi connectivity index (χ3n) is 5.69. The molecule has 11 heteroatoms. The van der Waals surface area contributed by atoms with E-state index in [-0.39, 0.29) is 18.6 Å². The molecule has 0 aliphatic carbocycles. The van der Waals surface area contributed by atoms with Crippen molar-refractivity contribution in [1.82, 2.24) is 16.0 Å². The molecule has 4 atom stereocenters. The van der Waals surface area contributed by atoms with Crippen molar-refractivity contribution in [2.75, 3.05) is 6.61 Å². The second-order valence-corrected chi connectivity index (χ2v) is 9.04. The lowest BCUT2D eigenvalue weighted by Gasteiger charge is -2.26. The average Bonchev–Trinajstić information content (AvgIpc) is 2.86. The molecule has 0 saturated heterocycles. The van der Waals surface area contributed by atoms with E-state index in [2.05, 4.69) is 16.0 Å². The van der Waals surface area contributed by atoms with Crippen LogP contribution in [0.1, 0.15) is 25.0 Å². The van der Waals surface area contributed by atoms with E-state index in [0.717, 1.165) is 0 Å². The molecule has 0 aromatic heterocycles. The number of amides is 3. The van der Waals surface area contributed by atoms with Crippen molar-refractivity contribution >= 4 is 23.7 Å². The molecule has 0 aliphatic heterocycles. The zero-order chi connectivity index (χ0) is 27.5. The highest BCUT2D eigenvalue weighted by Crippen LogP contribution is 2.11. The van der Waals surface area contributed by atoms with E-state index >= 15 is 0 Å². The maximum Gasteiger partial charge on any atom is 0.326 e. The van der Waals surface area contributed by atoms with E-state index < -0.39 is 60.4 Å². The Balaban J connectivity index is 2.01. The summed E-state index contributed by atoms with van der Waals surface area (Å²) in [4.78, 5) is 50.0. The largest absolute Gasteiger partial charge is 0.508 e. The van der Waals surface area contributed by atoms with Crippen LogP contribution in [0.2, 0.25) is 0 Å².